The smallest absolute Gasteiger partial charge is 0.300 e. The Morgan fingerprint density at radius 3 is 3.25 bits per heavy atom. The minimum absolute atomic E-state index is 0.360. The van der Waals surface area contributed by atoms with Crippen LogP contribution in [0.15, 0.2) is 11.6 Å². The van der Waals surface area contributed by atoms with Crippen molar-refractivity contribution in [2.24, 2.45) is 0 Å². The summed E-state index contributed by atoms with van der Waals surface area (Å²) < 4.78 is 4.37. The molecule has 1 rings (SSSR count). The summed E-state index contributed by atoms with van der Waals surface area (Å²) in [6.45, 7) is 0.360. The quantitative estimate of drug-likeness (QED) is 0.551. The van der Waals surface area contributed by atoms with E-state index in [0.29, 0.717) is 11.7 Å². The van der Waals surface area contributed by atoms with Gasteiger partial charge in [0.05, 0.1) is 0 Å². The molecule has 1 aromatic rings. The predicted octanol–water partition coefficient (Wildman–Crippen LogP) is 0.678. The van der Waals surface area contributed by atoms with Crippen molar-refractivity contribution in [3.8, 4) is 5.19 Å². The second kappa shape index (κ2) is 2.42. The molecule has 0 radical (unpaired) electrons. The minimum Gasteiger partial charge on any atom is -0.400 e. The van der Waals surface area contributed by atoms with Gasteiger partial charge in [0.15, 0.2) is 0 Å². The van der Waals surface area contributed by atoms with Crippen LogP contribution in [0.25, 0.3) is 0 Å². The lowest BCUT2D eigenvalue weighted by Crippen LogP contribution is -1.85. The summed E-state index contributed by atoms with van der Waals surface area (Å²) in [5.41, 5.74) is 0. The summed E-state index contributed by atoms with van der Waals surface area (Å²) in [5.74, 6) is 0. The standard InChI is InChI=1S/C4H3NO2S/c6-3-7-4-5-1-2-8-4/h1-3H. The van der Waals surface area contributed by atoms with Gasteiger partial charge in [-0.3, -0.25) is 4.79 Å². The molecule has 0 saturated carbocycles. The number of ether oxygens (including phenoxy) is 1. The van der Waals surface area contributed by atoms with E-state index in [-0.39, 0.29) is 0 Å². The Kier molecular flexibility index (Phi) is 1.58. The van der Waals surface area contributed by atoms with Crippen LogP contribution in [0.4, 0.5) is 0 Å². The first-order valence-corrected chi connectivity index (χ1v) is 2.81. The molecule has 0 aromatic carbocycles. The van der Waals surface area contributed by atoms with Gasteiger partial charge in [0.2, 0.25) is 0 Å². The van der Waals surface area contributed by atoms with E-state index in [1.54, 1.807) is 11.6 Å². The third-order valence-electron chi connectivity index (χ3n) is 0.559. The Morgan fingerprint density at radius 1 is 1.88 bits per heavy atom. The van der Waals surface area contributed by atoms with Crippen LogP contribution in [0.2, 0.25) is 0 Å². The second-order valence-corrected chi connectivity index (χ2v) is 1.87. The van der Waals surface area contributed by atoms with Gasteiger partial charge in [-0.05, 0) is 0 Å². The SMILES string of the molecule is O=COc1nccs1. The fourth-order valence-electron chi connectivity index (χ4n) is 0.310. The highest BCUT2D eigenvalue weighted by Gasteiger charge is 1.89. The van der Waals surface area contributed by atoms with Crippen molar-refractivity contribution < 1.29 is 9.53 Å². The van der Waals surface area contributed by atoms with Gasteiger partial charge in [0.1, 0.15) is 0 Å². The van der Waals surface area contributed by atoms with E-state index in [2.05, 4.69) is 9.72 Å². The molecule has 0 aliphatic rings. The average molecular weight is 129 g/mol. The molecule has 1 heterocycles. The van der Waals surface area contributed by atoms with Crippen molar-refractivity contribution in [1.82, 2.24) is 4.98 Å². The Hall–Kier alpha value is -0.900. The van der Waals surface area contributed by atoms with Crippen molar-refractivity contribution in [2.45, 2.75) is 0 Å². The molecule has 0 saturated heterocycles. The summed E-state index contributed by atoms with van der Waals surface area (Å²) >= 11 is 1.28. The topological polar surface area (TPSA) is 39.2 Å². The number of carbonyl (C=O) groups excluding carboxylic acids is 1. The van der Waals surface area contributed by atoms with Crippen LogP contribution in [0.5, 0.6) is 5.19 Å². The van der Waals surface area contributed by atoms with Crippen LogP contribution in [0.3, 0.4) is 0 Å². The van der Waals surface area contributed by atoms with Crippen LogP contribution in [0, 0.1) is 0 Å². The summed E-state index contributed by atoms with van der Waals surface area (Å²) in [4.78, 5) is 13.3. The van der Waals surface area contributed by atoms with Crippen LogP contribution in [-0.4, -0.2) is 11.5 Å². The van der Waals surface area contributed by atoms with E-state index in [4.69, 9.17) is 0 Å². The fraction of sp³-hybridized carbons (Fsp3) is 0. The van der Waals surface area contributed by atoms with Crippen molar-refractivity contribution in [3.63, 3.8) is 0 Å². The number of hydrogen-bond donors (Lipinski definition) is 0. The van der Waals surface area contributed by atoms with E-state index in [1.165, 1.54) is 11.3 Å². The number of thiazole rings is 1. The molecule has 0 fully saturated rings. The molecule has 0 spiro atoms. The first kappa shape index (κ1) is 5.24. The van der Waals surface area contributed by atoms with Gasteiger partial charge in [-0.2, -0.15) is 0 Å². The van der Waals surface area contributed by atoms with E-state index in [9.17, 15) is 4.79 Å². The predicted molar refractivity (Wildman–Crippen MR) is 28.8 cm³/mol. The molecule has 0 amide bonds. The molecule has 0 bridgehead atoms. The van der Waals surface area contributed by atoms with Gasteiger partial charge in [0, 0.05) is 11.6 Å². The van der Waals surface area contributed by atoms with Crippen LogP contribution < -0.4 is 4.74 Å². The van der Waals surface area contributed by atoms with Crippen LogP contribution in [-0.2, 0) is 4.79 Å². The number of rotatable bonds is 2. The van der Waals surface area contributed by atoms with Crippen molar-refractivity contribution in [2.75, 3.05) is 0 Å². The molecule has 0 aliphatic heterocycles. The van der Waals surface area contributed by atoms with Crippen LogP contribution in [0.1, 0.15) is 0 Å². The maximum atomic E-state index is 9.62. The largest absolute Gasteiger partial charge is 0.400 e. The first-order valence-electron chi connectivity index (χ1n) is 1.93. The van der Waals surface area contributed by atoms with Crippen molar-refractivity contribution in [3.05, 3.63) is 11.6 Å². The molecule has 1 aromatic heterocycles. The maximum absolute atomic E-state index is 9.62. The van der Waals surface area contributed by atoms with Gasteiger partial charge >= 0.3 is 0 Å². The number of nitrogens with zero attached hydrogens (tertiary/aromatic N) is 1. The summed E-state index contributed by atoms with van der Waals surface area (Å²) in [6.07, 6.45) is 1.57. The van der Waals surface area contributed by atoms with Gasteiger partial charge in [0.25, 0.3) is 11.7 Å². The zero-order chi connectivity index (χ0) is 5.82. The van der Waals surface area contributed by atoms with E-state index >= 15 is 0 Å². The average Bonchev–Trinajstić information content (AvgIpc) is 2.19. The number of hydrogen-bond acceptors (Lipinski definition) is 4. The maximum Gasteiger partial charge on any atom is 0.300 e. The van der Waals surface area contributed by atoms with Gasteiger partial charge in [-0.15, -0.1) is 0 Å². The molecule has 8 heavy (non-hydrogen) atoms. The Bertz CT molecular complexity index is 161. The molecule has 4 heteroatoms. The Balaban J connectivity index is 2.62. The molecule has 0 unspecified atom stereocenters. The van der Waals surface area contributed by atoms with Crippen LogP contribution >= 0.6 is 11.3 Å². The van der Waals surface area contributed by atoms with E-state index in [1.807, 2.05) is 0 Å². The van der Waals surface area contributed by atoms with Gasteiger partial charge < -0.3 is 4.74 Å². The summed E-state index contributed by atoms with van der Waals surface area (Å²) in [5, 5.41) is 2.12. The highest BCUT2D eigenvalue weighted by Crippen LogP contribution is 2.11. The molecule has 0 atom stereocenters. The molecule has 3 nitrogen and oxygen atoms in total. The van der Waals surface area contributed by atoms with Crippen molar-refractivity contribution in [1.29, 1.82) is 0 Å². The second-order valence-electron chi connectivity index (χ2n) is 1.01. The zero-order valence-electron chi connectivity index (χ0n) is 3.90. The number of aromatic nitrogens is 1. The first-order chi connectivity index (χ1) is 3.93. The van der Waals surface area contributed by atoms with Gasteiger partial charge in [-0.1, -0.05) is 11.3 Å². The Morgan fingerprint density at radius 2 is 2.75 bits per heavy atom. The third-order valence-corrected chi connectivity index (χ3v) is 1.22. The molecule has 42 valence electrons. The zero-order valence-corrected chi connectivity index (χ0v) is 4.72. The van der Waals surface area contributed by atoms with Crippen molar-refractivity contribution >= 4 is 17.8 Å². The highest BCUT2D eigenvalue weighted by molar-refractivity contribution is 7.11. The lowest BCUT2D eigenvalue weighted by Gasteiger charge is -1.82. The molecule has 0 N–H and O–H groups in total. The Labute approximate surface area is 49.9 Å². The van der Waals surface area contributed by atoms with Gasteiger partial charge in [-0.25, -0.2) is 4.98 Å². The molecular weight excluding hydrogens is 126 g/mol. The highest BCUT2D eigenvalue weighted by atomic mass is 32.1. The third kappa shape index (κ3) is 1.04. The summed E-state index contributed by atoms with van der Waals surface area (Å²) in [6, 6.07) is 0. The molecule has 0 aliphatic carbocycles. The number of carbonyl (C=O) groups is 1. The molecular formula is C4H3NO2S. The normalized spacial score (nSPS) is 8.50. The van der Waals surface area contributed by atoms with E-state index in [0.717, 1.165) is 0 Å². The summed E-state index contributed by atoms with van der Waals surface area (Å²) in [7, 11) is 0. The fourth-order valence-corrected chi connectivity index (χ4v) is 0.764. The lowest BCUT2D eigenvalue weighted by atomic mass is 11.0. The minimum atomic E-state index is 0.360. The van der Waals surface area contributed by atoms with E-state index < -0.39 is 0 Å². The monoisotopic (exact) mass is 129 g/mol. The lowest BCUT2D eigenvalue weighted by molar-refractivity contribution is -0.120.